The standard InChI is InChI=1S/C20H15ClN2O3S/c21-15-7-5-13(6-8-15)19(14-9-10-27-12-14)22-18(24)11-23-16-3-1-2-4-17(16)26-20(23)25/h1-10,12,19H,11H2,(H,22,24). The maximum atomic E-state index is 12.7. The van der Waals surface area contributed by atoms with Gasteiger partial charge in [-0.05, 0) is 52.2 Å². The van der Waals surface area contributed by atoms with Crippen molar-refractivity contribution in [3.63, 3.8) is 0 Å². The molecule has 0 saturated carbocycles. The number of nitrogens with zero attached hydrogens (tertiary/aromatic N) is 1. The van der Waals surface area contributed by atoms with E-state index in [1.54, 1.807) is 47.7 Å². The molecule has 0 bridgehead atoms. The highest BCUT2D eigenvalue weighted by molar-refractivity contribution is 7.08. The highest BCUT2D eigenvalue weighted by atomic mass is 35.5. The number of hydrogen-bond donors (Lipinski definition) is 1. The molecule has 4 rings (SSSR count). The quantitative estimate of drug-likeness (QED) is 0.547. The Morgan fingerprint density at radius 2 is 1.89 bits per heavy atom. The lowest BCUT2D eigenvalue weighted by Crippen LogP contribution is -2.34. The molecule has 1 unspecified atom stereocenters. The minimum atomic E-state index is -0.551. The molecule has 2 heterocycles. The van der Waals surface area contributed by atoms with E-state index in [-0.39, 0.29) is 18.5 Å². The van der Waals surface area contributed by atoms with E-state index in [1.165, 1.54) is 4.57 Å². The Morgan fingerprint density at radius 1 is 1.11 bits per heavy atom. The zero-order valence-electron chi connectivity index (χ0n) is 14.1. The summed E-state index contributed by atoms with van der Waals surface area (Å²) >= 11 is 7.54. The fraction of sp³-hybridized carbons (Fsp3) is 0.100. The summed E-state index contributed by atoms with van der Waals surface area (Å²) in [7, 11) is 0. The van der Waals surface area contributed by atoms with E-state index in [0.717, 1.165) is 11.1 Å². The smallest absolute Gasteiger partial charge is 0.408 e. The summed E-state index contributed by atoms with van der Waals surface area (Å²) in [5, 5.41) is 7.58. The van der Waals surface area contributed by atoms with Crippen LogP contribution in [-0.4, -0.2) is 10.5 Å². The van der Waals surface area contributed by atoms with Crippen LogP contribution in [0.2, 0.25) is 5.02 Å². The predicted molar refractivity (Wildman–Crippen MR) is 106 cm³/mol. The van der Waals surface area contributed by atoms with Gasteiger partial charge in [-0.15, -0.1) is 0 Å². The van der Waals surface area contributed by atoms with Gasteiger partial charge in [0.15, 0.2) is 5.58 Å². The van der Waals surface area contributed by atoms with Crippen molar-refractivity contribution < 1.29 is 9.21 Å². The molecule has 2 aromatic carbocycles. The van der Waals surface area contributed by atoms with E-state index >= 15 is 0 Å². The van der Waals surface area contributed by atoms with Crippen molar-refractivity contribution >= 4 is 39.9 Å². The number of nitrogens with one attached hydrogen (secondary N) is 1. The lowest BCUT2D eigenvalue weighted by Gasteiger charge is -2.19. The van der Waals surface area contributed by atoms with Crippen LogP contribution in [0.5, 0.6) is 0 Å². The first-order chi connectivity index (χ1) is 13.1. The Balaban J connectivity index is 1.61. The van der Waals surface area contributed by atoms with Gasteiger partial charge in [0.1, 0.15) is 6.54 Å². The number of amides is 1. The fourth-order valence-corrected chi connectivity index (χ4v) is 3.78. The number of oxazole rings is 1. The lowest BCUT2D eigenvalue weighted by atomic mass is 10.0. The van der Waals surface area contributed by atoms with Gasteiger partial charge in [0, 0.05) is 5.02 Å². The molecule has 1 atom stereocenters. The molecular weight excluding hydrogens is 384 g/mol. The van der Waals surface area contributed by atoms with E-state index in [0.29, 0.717) is 16.1 Å². The molecule has 5 nitrogen and oxygen atoms in total. The Hall–Kier alpha value is -2.83. The first-order valence-corrected chi connectivity index (χ1v) is 9.59. The molecule has 0 aliphatic rings. The highest BCUT2D eigenvalue weighted by Gasteiger charge is 2.19. The van der Waals surface area contributed by atoms with E-state index < -0.39 is 5.76 Å². The van der Waals surface area contributed by atoms with Crippen LogP contribution in [0.1, 0.15) is 17.2 Å². The van der Waals surface area contributed by atoms with Crippen LogP contribution in [0.4, 0.5) is 0 Å². The minimum absolute atomic E-state index is 0.121. The van der Waals surface area contributed by atoms with Crippen LogP contribution in [0, 0.1) is 0 Å². The SMILES string of the molecule is O=C(Cn1c(=O)oc2ccccc21)NC(c1ccc(Cl)cc1)c1ccsc1. The van der Waals surface area contributed by atoms with Gasteiger partial charge in [0.25, 0.3) is 0 Å². The second-order valence-electron chi connectivity index (χ2n) is 6.03. The number of carbonyl (C=O) groups is 1. The average molecular weight is 399 g/mol. The van der Waals surface area contributed by atoms with Gasteiger partial charge in [-0.1, -0.05) is 35.9 Å². The molecule has 0 saturated heterocycles. The van der Waals surface area contributed by atoms with Gasteiger partial charge in [-0.2, -0.15) is 11.3 Å². The number of fused-ring (bicyclic) bond motifs is 1. The van der Waals surface area contributed by atoms with E-state index in [9.17, 15) is 9.59 Å². The van der Waals surface area contributed by atoms with E-state index in [2.05, 4.69) is 5.32 Å². The fourth-order valence-electron chi connectivity index (χ4n) is 2.97. The number of rotatable bonds is 5. The zero-order chi connectivity index (χ0) is 18.8. The first-order valence-electron chi connectivity index (χ1n) is 8.27. The Kier molecular flexibility index (Phi) is 4.83. The molecule has 7 heteroatoms. The van der Waals surface area contributed by atoms with Crippen molar-refractivity contribution in [2.24, 2.45) is 0 Å². The van der Waals surface area contributed by atoms with Crippen LogP contribution in [0.25, 0.3) is 11.1 Å². The molecule has 4 aromatic rings. The van der Waals surface area contributed by atoms with Gasteiger partial charge in [0.05, 0.1) is 11.6 Å². The summed E-state index contributed by atoms with van der Waals surface area (Å²) in [5.41, 5.74) is 2.94. The molecule has 0 spiro atoms. The molecule has 0 aliphatic heterocycles. The third-order valence-corrected chi connectivity index (χ3v) is 5.21. The van der Waals surface area contributed by atoms with Crippen molar-refractivity contribution in [2.45, 2.75) is 12.6 Å². The summed E-state index contributed by atoms with van der Waals surface area (Å²) in [4.78, 5) is 24.8. The second-order valence-corrected chi connectivity index (χ2v) is 7.25. The highest BCUT2D eigenvalue weighted by Crippen LogP contribution is 2.25. The Morgan fingerprint density at radius 3 is 2.63 bits per heavy atom. The largest absolute Gasteiger partial charge is 0.420 e. The van der Waals surface area contributed by atoms with Gasteiger partial charge < -0.3 is 9.73 Å². The van der Waals surface area contributed by atoms with Crippen LogP contribution in [-0.2, 0) is 11.3 Å². The molecule has 1 N–H and O–H groups in total. The van der Waals surface area contributed by atoms with E-state index in [1.807, 2.05) is 29.0 Å². The maximum absolute atomic E-state index is 12.7. The molecule has 27 heavy (non-hydrogen) atoms. The lowest BCUT2D eigenvalue weighted by molar-refractivity contribution is -0.122. The molecule has 1 amide bonds. The number of halogens is 1. The third kappa shape index (κ3) is 3.67. The number of thiophene rings is 1. The maximum Gasteiger partial charge on any atom is 0.420 e. The van der Waals surface area contributed by atoms with Gasteiger partial charge >= 0.3 is 5.76 Å². The third-order valence-electron chi connectivity index (χ3n) is 4.26. The summed E-state index contributed by atoms with van der Waals surface area (Å²) in [6.07, 6.45) is 0. The normalized spacial score (nSPS) is 12.2. The molecule has 136 valence electrons. The molecular formula is C20H15ClN2O3S. The monoisotopic (exact) mass is 398 g/mol. The Labute approximate surface area is 163 Å². The van der Waals surface area contributed by atoms with Crippen molar-refractivity contribution in [3.8, 4) is 0 Å². The van der Waals surface area contributed by atoms with Crippen LogP contribution < -0.4 is 11.1 Å². The first kappa shape index (κ1) is 17.6. The predicted octanol–water partition coefficient (Wildman–Crippen LogP) is 4.22. The van der Waals surface area contributed by atoms with Crippen LogP contribution >= 0.6 is 22.9 Å². The zero-order valence-corrected chi connectivity index (χ0v) is 15.7. The minimum Gasteiger partial charge on any atom is -0.408 e. The molecule has 0 fully saturated rings. The van der Waals surface area contributed by atoms with Crippen molar-refractivity contribution in [3.05, 3.63) is 92.1 Å². The molecule has 0 aliphatic carbocycles. The average Bonchev–Trinajstić information content (AvgIpc) is 3.29. The summed E-state index contributed by atoms with van der Waals surface area (Å²) in [6, 6.07) is 16.0. The number of hydrogen-bond acceptors (Lipinski definition) is 4. The van der Waals surface area contributed by atoms with E-state index in [4.69, 9.17) is 16.0 Å². The van der Waals surface area contributed by atoms with Crippen molar-refractivity contribution in [1.82, 2.24) is 9.88 Å². The Bertz CT molecular complexity index is 1130. The summed E-state index contributed by atoms with van der Waals surface area (Å²) in [5.74, 6) is -0.834. The number of benzene rings is 2. The topological polar surface area (TPSA) is 64.2 Å². The summed E-state index contributed by atoms with van der Waals surface area (Å²) in [6.45, 7) is -0.121. The second kappa shape index (κ2) is 7.42. The summed E-state index contributed by atoms with van der Waals surface area (Å²) < 4.78 is 6.52. The number of carbonyl (C=O) groups excluding carboxylic acids is 1. The van der Waals surface area contributed by atoms with Gasteiger partial charge in [-0.3, -0.25) is 9.36 Å². The van der Waals surface area contributed by atoms with Crippen molar-refractivity contribution in [2.75, 3.05) is 0 Å². The van der Waals surface area contributed by atoms with Crippen molar-refractivity contribution in [1.29, 1.82) is 0 Å². The molecule has 0 radical (unpaired) electrons. The van der Waals surface area contributed by atoms with Crippen LogP contribution in [0.3, 0.4) is 0 Å². The number of aromatic nitrogens is 1. The molecule has 2 aromatic heterocycles. The number of para-hydroxylation sites is 2. The van der Waals surface area contributed by atoms with Gasteiger partial charge in [-0.25, -0.2) is 4.79 Å². The van der Waals surface area contributed by atoms with Crippen LogP contribution in [0.15, 0.2) is 74.6 Å². The van der Waals surface area contributed by atoms with Gasteiger partial charge in [0.2, 0.25) is 5.91 Å².